The van der Waals surface area contributed by atoms with Crippen molar-refractivity contribution in [2.24, 2.45) is 0 Å². The van der Waals surface area contributed by atoms with Gasteiger partial charge in [0.2, 0.25) is 0 Å². The first kappa shape index (κ1) is 12.8. The Bertz CT molecular complexity index is 556. The Hall–Kier alpha value is -1.63. The average molecular weight is 270 g/mol. The molecule has 18 heavy (non-hydrogen) atoms. The molecule has 0 aliphatic carbocycles. The fourth-order valence-corrected chi connectivity index (χ4v) is 3.78. The first-order chi connectivity index (χ1) is 8.50. The molecule has 1 aliphatic heterocycles. The van der Waals surface area contributed by atoms with Crippen LogP contribution in [-0.4, -0.2) is 42.0 Å². The number of aromatic nitrogens is 1. The highest BCUT2D eigenvalue weighted by atomic mass is 32.2. The zero-order valence-corrected chi connectivity index (χ0v) is 10.5. The van der Waals surface area contributed by atoms with Crippen LogP contribution in [0.15, 0.2) is 18.3 Å². The van der Waals surface area contributed by atoms with E-state index in [1.54, 1.807) is 0 Å². The molecule has 1 atom stereocenters. The molecule has 2 rings (SSSR count). The summed E-state index contributed by atoms with van der Waals surface area (Å²) in [6.45, 7) is 0.208. The Morgan fingerprint density at radius 2 is 2.33 bits per heavy atom. The number of aromatic carboxylic acids is 1. The quantitative estimate of drug-likeness (QED) is 0.838. The molecular formula is C11H14N2O4S. The predicted octanol–water partition coefficient (Wildman–Crippen LogP) is 0.769. The molecule has 1 saturated heterocycles. The van der Waals surface area contributed by atoms with Crippen LogP contribution in [0, 0.1) is 0 Å². The summed E-state index contributed by atoms with van der Waals surface area (Å²) in [5, 5.41) is 11.3. The molecule has 0 amide bonds. The van der Waals surface area contributed by atoms with Crippen molar-refractivity contribution in [3.05, 3.63) is 23.9 Å². The lowest BCUT2D eigenvalue weighted by atomic mass is 10.2. The molecule has 0 aromatic carbocycles. The third kappa shape index (κ3) is 2.61. The number of nitrogens with zero attached hydrogens (tertiary/aromatic N) is 1. The van der Waals surface area contributed by atoms with E-state index in [1.807, 2.05) is 0 Å². The highest BCUT2D eigenvalue weighted by Crippen LogP contribution is 2.21. The Labute approximate surface area is 105 Å². The maximum Gasteiger partial charge on any atom is 0.339 e. The van der Waals surface area contributed by atoms with Crippen molar-refractivity contribution in [2.45, 2.75) is 18.1 Å². The number of carboxylic acid groups (broad SMARTS) is 1. The summed E-state index contributed by atoms with van der Waals surface area (Å²) in [5.41, 5.74) is 0.0490. The van der Waals surface area contributed by atoms with Crippen LogP contribution in [-0.2, 0) is 9.84 Å². The van der Waals surface area contributed by atoms with Crippen LogP contribution < -0.4 is 5.32 Å². The zero-order chi connectivity index (χ0) is 13.2. The van der Waals surface area contributed by atoms with E-state index >= 15 is 0 Å². The summed E-state index contributed by atoms with van der Waals surface area (Å²) in [4.78, 5) is 14.9. The Morgan fingerprint density at radius 1 is 1.56 bits per heavy atom. The summed E-state index contributed by atoms with van der Waals surface area (Å²) >= 11 is 0. The molecule has 1 unspecified atom stereocenters. The van der Waals surface area contributed by atoms with Crippen molar-refractivity contribution in [2.75, 3.05) is 17.6 Å². The first-order valence-corrected chi connectivity index (χ1v) is 7.36. The van der Waals surface area contributed by atoms with E-state index in [-0.39, 0.29) is 23.7 Å². The minimum atomic E-state index is -3.03. The third-order valence-corrected chi connectivity index (χ3v) is 5.27. The number of rotatable bonds is 4. The fourth-order valence-electron chi connectivity index (χ4n) is 2.02. The van der Waals surface area contributed by atoms with Crippen LogP contribution in [0.3, 0.4) is 0 Å². The maximum absolute atomic E-state index is 11.6. The van der Waals surface area contributed by atoms with E-state index in [2.05, 4.69) is 10.3 Å². The molecule has 1 aliphatic rings. The summed E-state index contributed by atoms with van der Waals surface area (Å²) in [6.07, 6.45) is 2.76. The van der Waals surface area contributed by atoms with Gasteiger partial charge in [-0.15, -0.1) is 0 Å². The van der Waals surface area contributed by atoms with Gasteiger partial charge in [-0.2, -0.15) is 0 Å². The van der Waals surface area contributed by atoms with Crippen molar-refractivity contribution in [3.63, 3.8) is 0 Å². The number of hydrogen-bond donors (Lipinski definition) is 2. The van der Waals surface area contributed by atoms with Crippen LogP contribution in [0.25, 0.3) is 0 Å². The molecule has 0 spiro atoms. The molecule has 1 aromatic rings. The highest BCUT2D eigenvalue weighted by molar-refractivity contribution is 7.92. The smallest absolute Gasteiger partial charge is 0.339 e. The van der Waals surface area contributed by atoms with Gasteiger partial charge in [0.1, 0.15) is 11.4 Å². The van der Waals surface area contributed by atoms with E-state index in [9.17, 15) is 13.2 Å². The Balaban J connectivity index is 2.09. The number of nitrogens with one attached hydrogen (secondary N) is 1. The third-order valence-electron chi connectivity index (χ3n) is 3.00. The molecule has 2 N–H and O–H groups in total. The number of hydrogen-bond acceptors (Lipinski definition) is 5. The van der Waals surface area contributed by atoms with Gasteiger partial charge in [0, 0.05) is 12.7 Å². The number of pyridine rings is 1. The Kier molecular flexibility index (Phi) is 3.51. The lowest BCUT2D eigenvalue weighted by Gasteiger charge is -2.12. The van der Waals surface area contributed by atoms with Gasteiger partial charge in [0.15, 0.2) is 9.84 Å². The largest absolute Gasteiger partial charge is 0.478 e. The molecule has 1 fully saturated rings. The molecule has 0 saturated carbocycles. The van der Waals surface area contributed by atoms with Gasteiger partial charge in [0.05, 0.1) is 11.0 Å². The van der Waals surface area contributed by atoms with E-state index in [0.29, 0.717) is 12.8 Å². The van der Waals surface area contributed by atoms with Crippen LogP contribution in [0.2, 0.25) is 0 Å². The van der Waals surface area contributed by atoms with Gasteiger partial charge < -0.3 is 10.4 Å². The van der Waals surface area contributed by atoms with Crippen LogP contribution >= 0.6 is 0 Å². The van der Waals surface area contributed by atoms with Crippen LogP contribution in [0.1, 0.15) is 23.2 Å². The van der Waals surface area contributed by atoms with Gasteiger partial charge in [-0.25, -0.2) is 18.2 Å². The highest BCUT2D eigenvalue weighted by Gasteiger charge is 2.31. The summed E-state index contributed by atoms with van der Waals surface area (Å²) in [6, 6.07) is 2.96. The topological polar surface area (TPSA) is 96.4 Å². The second-order valence-corrected chi connectivity index (χ2v) is 6.62. The van der Waals surface area contributed by atoms with Crippen molar-refractivity contribution in [3.8, 4) is 0 Å². The van der Waals surface area contributed by atoms with Crippen molar-refractivity contribution in [1.29, 1.82) is 0 Å². The van der Waals surface area contributed by atoms with Crippen molar-refractivity contribution in [1.82, 2.24) is 4.98 Å². The Morgan fingerprint density at radius 3 is 2.94 bits per heavy atom. The normalized spacial score (nSPS) is 21.7. The van der Waals surface area contributed by atoms with Gasteiger partial charge in [-0.1, -0.05) is 0 Å². The first-order valence-electron chi connectivity index (χ1n) is 5.64. The number of sulfone groups is 1. The summed E-state index contributed by atoms with van der Waals surface area (Å²) in [7, 11) is -3.03. The second kappa shape index (κ2) is 4.93. The predicted molar refractivity (Wildman–Crippen MR) is 66.5 cm³/mol. The lowest BCUT2D eigenvalue weighted by molar-refractivity contribution is 0.0697. The fraction of sp³-hybridized carbons (Fsp3) is 0.455. The standard InChI is InChI=1S/C11H14N2O4S/c14-11(15)9-4-1-5-12-10(9)13-7-8-3-2-6-18(8,16)17/h1,4-5,8H,2-3,6-7H2,(H,12,13)(H,14,15). The molecule has 6 nitrogen and oxygen atoms in total. The van der Waals surface area contributed by atoms with E-state index in [0.717, 1.165) is 0 Å². The van der Waals surface area contributed by atoms with Gasteiger partial charge in [0.25, 0.3) is 0 Å². The monoisotopic (exact) mass is 270 g/mol. The number of carboxylic acids is 1. The van der Waals surface area contributed by atoms with Crippen LogP contribution in [0.5, 0.6) is 0 Å². The molecule has 98 valence electrons. The van der Waals surface area contributed by atoms with Gasteiger partial charge >= 0.3 is 5.97 Å². The van der Waals surface area contributed by atoms with Crippen molar-refractivity contribution >= 4 is 21.6 Å². The number of carbonyl (C=O) groups is 1. The molecule has 2 heterocycles. The van der Waals surface area contributed by atoms with Gasteiger partial charge in [-0.05, 0) is 25.0 Å². The minimum absolute atomic E-state index is 0.0490. The summed E-state index contributed by atoms with van der Waals surface area (Å²) < 4.78 is 23.3. The number of anilines is 1. The van der Waals surface area contributed by atoms with E-state index < -0.39 is 21.1 Å². The zero-order valence-electron chi connectivity index (χ0n) is 9.67. The lowest BCUT2D eigenvalue weighted by Crippen LogP contribution is -2.26. The SMILES string of the molecule is O=C(O)c1cccnc1NCC1CCCS1(=O)=O. The average Bonchev–Trinajstić information content (AvgIpc) is 2.66. The molecule has 0 bridgehead atoms. The van der Waals surface area contributed by atoms with E-state index in [4.69, 9.17) is 5.11 Å². The molecular weight excluding hydrogens is 256 g/mol. The second-order valence-electron chi connectivity index (χ2n) is 4.22. The molecule has 1 aromatic heterocycles. The van der Waals surface area contributed by atoms with Crippen LogP contribution in [0.4, 0.5) is 5.82 Å². The van der Waals surface area contributed by atoms with Crippen molar-refractivity contribution < 1.29 is 18.3 Å². The van der Waals surface area contributed by atoms with Gasteiger partial charge in [-0.3, -0.25) is 0 Å². The summed E-state index contributed by atoms with van der Waals surface area (Å²) in [5.74, 6) is -0.653. The minimum Gasteiger partial charge on any atom is -0.478 e. The molecule has 7 heteroatoms. The van der Waals surface area contributed by atoms with E-state index in [1.165, 1.54) is 18.3 Å². The maximum atomic E-state index is 11.6. The molecule has 0 radical (unpaired) electrons.